The monoisotopic (exact) mass is 792 g/mol. The van der Waals surface area contributed by atoms with E-state index in [1.54, 1.807) is 25.8 Å². The Hall–Kier alpha value is -4.43. The molecule has 4 heterocycles. The van der Waals surface area contributed by atoms with Crippen molar-refractivity contribution >= 4 is 23.9 Å². The molecule has 58 heavy (non-hydrogen) atoms. The van der Waals surface area contributed by atoms with Crippen molar-refractivity contribution in [2.75, 3.05) is 6.61 Å². The van der Waals surface area contributed by atoms with Crippen LogP contribution >= 0.6 is 0 Å². The number of allylic oxidation sites excluding steroid dienone is 1. The van der Waals surface area contributed by atoms with Crippen LogP contribution in [0.4, 0.5) is 0 Å². The first-order valence-corrected chi connectivity index (χ1v) is 20.6. The summed E-state index contributed by atoms with van der Waals surface area (Å²) in [7, 11) is 0. The molecule has 9 rings (SSSR count). The second-order valence-corrected chi connectivity index (χ2v) is 17.6. The molecular weight excluding hydrogens is 741 g/mol. The number of carbonyl (C=O) groups excluding carboxylic acids is 3. The second-order valence-electron chi connectivity index (χ2n) is 17.6. The third kappa shape index (κ3) is 7.18. The molecule has 3 aromatic rings. The summed E-state index contributed by atoms with van der Waals surface area (Å²) in [5.74, 6) is -2.50. The highest BCUT2D eigenvalue weighted by Gasteiger charge is 2.76. The van der Waals surface area contributed by atoms with Gasteiger partial charge in [-0.05, 0) is 63.5 Å². The summed E-state index contributed by atoms with van der Waals surface area (Å²) in [6, 6.07) is 25.2. The van der Waals surface area contributed by atoms with Gasteiger partial charge in [0, 0.05) is 24.0 Å². The van der Waals surface area contributed by atoms with E-state index in [-0.39, 0.29) is 25.8 Å². The SMILES string of the molecule is CC(C)(C)OC(=O)CC[C@@H](CO)NC(=O)[C@@]12C[C@H]3OC(=O)[C@@H]1N(Cc1ccccc1C=CC1CCC4OC4C1)O[C@@H]2[C@H]1OC(c2ccccc2)(c2ccccc2)O[C@H]13. The fraction of sp³-hybridized carbons (Fsp3) is 0.500. The number of fused-ring (bicyclic) bond motifs is 5. The van der Waals surface area contributed by atoms with E-state index in [4.69, 9.17) is 28.5 Å². The number of nitrogens with zero attached hydrogens (tertiary/aromatic N) is 1. The Morgan fingerprint density at radius 1 is 0.931 bits per heavy atom. The molecule has 4 aliphatic heterocycles. The van der Waals surface area contributed by atoms with Crippen LogP contribution in [0.25, 0.3) is 6.08 Å². The first-order chi connectivity index (χ1) is 28.0. The van der Waals surface area contributed by atoms with E-state index in [2.05, 4.69) is 17.5 Å². The van der Waals surface area contributed by atoms with Crippen LogP contribution in [0.1, 0.15) is 81.5 Å². The van der Waals surface area contributed by atoms with Crippen molar-refractivity contribution in [3.8, 4) is 0 Å². The van der Waals surface area contributed by atoms with Gasteiger partial charge in [0.15, 0.2) is 6.04 Å². The van der Waals surface area contributed by atoms with Crippen LogP contribution in [0, 0.1) is 11.3 Å². The summed E-state index contributed by atoms with van der Waals surface area (Å²) in [6.07, 6.45) is 5.08. The third-order valence-corrected chi connectivity index (χ3v) is 12.5. The molecular formula is C46H52N2O10. The summed E-state index contributed by atoms with van der Waals surface area (Å²) >= 11 is 0. The minimum absolute atomic E-state index is 0.0202. The maximum atomic E-state index is 15.1. The van der Waals surface area contributed by atoms with Crippen molar-refractivity contribution in [1.82, 2.24) is 10.4 Å². The molecule has 6 fully saturated rings. The lowest BCUT2D eigenvalue weighted by atomic mass is 9.62. The zero-order valence-corrected chi connectivity index (χ0v) is 33.2. The normalized spacial score (nSPS) is 32.5. The molecule has 12 heteroatoms. The average Bonchev–Trinajstić information content (AvgIpc) is 3.73. The molecule has 3 unspecified atom stereocenters. The number of nitrogens with one attached hydrogen (secondary N) is 1. The zero-order chi connectivity index (χ0) is 40.2. The number of carbonyl (C=O) groups is 3. The van der Waals surface area contributed by atoms with Crippen molar-refractivity contribution in [3.63, 3.8) is 0 Å². The Bertz CT molecular complexity index is 2000. The largest absolute Gasteiger partial charge is 0.460 e. The van der Waals surface area contributed by atoms with Crippen LogP contribution in [-0.2, 0) is 55.2 Å². The van der Waals surface area contributed by atoms with E-state index in [1.165, 1.54) is 0 Å². The van der Waals surface area contributed by atoms with Gasteiger partial charge in [-0.25, -0.2) is 0 Å². The van der Waals surface area contributed by atoms with Crippen LogP contribution in [0.3, 0.4) is 0 Å². The van der Waals surface area contributed by atoms with E-state index in [9.17, 15) is 14.7 Å². The van der Waals surface area contributed by atoms with Gasteiger partial charge in [-0.1, -0.05) is 97.1 Å². The van der Waals surface area contributed by atoms with Gasteiger partial charge in [0.25, 0.3) is 0 Å². The lowest BCUT2D eigenvalue weighted by molar-refractivity contribution is -0.213. The van der Waals surface area contributed by atoms with Gasteiger partial charge < -0.3 is 34.1 Å². The lowest BCUT2D eigenvalue weighted by Crippen LogP contribution is -2.70. The minimum atomic E-state index is -1.50. The second kappa shape index (κ2) is 15.3. The van der Waals surface area contributed by atoms with Gasteiger partial charge >= 0.3 is 11.9 Å². The predicted octanol–water partition coefficient (Wildman–Crippen LogP) is 5.35. The zero-order valence-electron chi connectivity index (χ0n) is 33.2. The van der Waals surface area contributed by atoms with Crippen molar-refractivity contribution in [3.05, 3.63) is 113 Å². The van der Waals surface area contributed by atoms with Gasteiger partial charge in [-0.2, -0.15) is 5.06 Å². The topological polar surface area (TPSA) is 145 Å². The number of epoxide rings is 1. The molecule has 3 aromatic carbocycles. The molecule has 306 valence electrons. The van der Waals surface area contributed by atoms with Crippen molar-refractivity contribution in [1.29, 1.82) is 0 Å². The fourth-order valence-electron chi connectivity index (χ4n) is 9.76. The van der Waals surface area contributed by atoms with Crippen molar-refractivity contribution in [2.24, 2.45) is 11.3 Å². The van der Waals surface area contributed by atoms with Crippen LogP contribution in [0.5, 0.6) is 0 Å². The molecule has 0 aromatic heterocycles. The summed E-state index contributed by atoms with van der Waals surface area (Å²) in [5, 5.41) is 15.1. The number of esters is 2. The van der Waals surface area contributed by atoms with Crippen LogP contribution in [0.15, 0.2) is 91.0 Å². The van der Waals surface area contributed by atoms with E-state index >= 15 is 4.79 Å². The highest BCUT2D eigenvalue weighted by Crippen LogP contribution is 2.59. The van der Waals surface area contributed by atoms with E-state index in [1.807, 2.05) is 84.9 Å². The Kier molecular flexibility index (Phi) is 10.3. The summed E-state index contributed by atoms with van der Waals surface area (Å²) < 4.78 is 31.6. The van der Waals surface area contributed by atoms with E-state index in [0.717, 1.165) is 41.5 Å². The maximum Gasteiger partial charge on any atom is 0.327 e. The number of ether oxygens (including phenoxy) is 5. The van der Waals surface area contributed by atoms with Gasteiger partial charge in [0.2, 0.25) is 11.7 Å². The number of hydrogen-bond donors (Lipinski definition) is 2. The molecule has 2 N–H and O–H groups in total. The number of aliphatic hydroxyl groups excluding tert-OH is 1. The molecule has 0 spiro atoms. The minimum Gasteiger partial charge on any atom is -0.460 e. The molecule has 10 atom stereocenters. The number of rotatable bonds is 12. The Morgan fingerprint density at radius 3 is 2.31 bits per heavy atom. The molecule has 0 radical (unpaired) electrons. The molecule has 2 aliphatic carbocycles. The van der Waals surface area contributed by atoms with Gasteiger partial charge in [0.1, 0.15) is 35.4 Å². The highest BCUT2D eigenvalue weighted by molar-refractivity contribution is 5.94. The van der Waals surface area contributed by atoms with Crippen molar-refractivity contribution < 1.29 is 48.0 Å². The average molecular weight is 793 g/mol. The predicted molar refractivity (Wildman–Crippen MR) is 210 cm³/mol. The number of amides is 1. The maximum absolute atomic E-state index is 15.1. The van der Waals surface area contributed by atoms with Gasteiger partial charge in [-0.15, -0.1) is 0 Å². The van der Waals surface area contributed by atoms with Crippen LogP contribution in [-0.4, -0.2) is 88.9 Å². The van der Waals surface area contributed by atoms with Crippen LogP contribution < -0.4 is 5.32 Å². The molecule has 1 amide bonds. The number of hydroxylamine groups is 2. The third-order valence-electron chi connectivity index (χ3n) is 12.5. The molecule has 2 saturated carbocycles. The van der Waals surface area contributed by atoms with Crippen molar-refractivity contribution in [2.45, 2.75) is 126 Å². The molecule has 12 nitrogen and oxygen atoms in total. The van der Waals surface area contributed by atoms with Gasteiger partial charge in [-0.3, -0.25) is 19.2 Å². The number of aliphatic hydroxyl groups is 1. The summed E-state index contributed by atoms with van der Waals surface area (Å²) in [4.78, 5) is 49.1. The standard InChI is InChI=1S/C46H52N2O10/c1-44(2,3)55-37(50)23-21-33(27-49)47-43(52)45-25-36-38-39(57-46(56-38,31-14-6-4-7-15-31)32-16-8-5-9-17-32)41(45)58-48(40(45)42(51)54-36)26-30-13-11-10-12-29(30)20-18-28-19-22-34-35(24-28)53-34/h4-18,20,28,33-36,38-41,49H,19,21-27H2,1-3H3,(H,47,52)/t28?,33-,34?,35?,36+,38-,39-,40-,41+,45-/m0/s1. The van der Waals surface area contributed by atoms with E-state index < -0.39 is 77.8 Å². The molecule has 2 bridgehead atoms. The molecule has 6 aliphatic rings. The highest BCUT2D eigenvalue weighted by atomic mass is 16.8. The quantitative estimate of drug-likeness (QED) is 0.181. The fourth-order valence-corrected chi connectivity index (χ4v) is 9.76. The van der Waals surface area contributed by atoms with Gasteiger partial charge in [0.05, 0.1) is 31.4 Å². The Balaban J connectivity index is 1.06. The Labute approximate surface area is 338 Å². The molecule has 4 saturated heterocycles. The lowest BCUT2D eigenvalue weighted by Gasteiger charge is -2.49. The van der Waals surface area contributed by atoms with Crippen LogP contribution in [0.2, 0.25) is 0 Å². The number of hydrogen-bond acceptors (Lipinski definition) is 11. The first kappa shape index (κ1) is 39.1. The summed E-state index contributed by atoms with van der Waals surface area (Å²) in [6.45, 7) is 5.11. The first-order valence-electron chi connectivity index (χ1n) is 20.6. The summed E-state index contributed by atoms with van der Waals surface area (Å²) in [5.41, 5.74) is 1.20. The van der Waals surface area contributed by atoms with E-state index in [0.29, 0.717) is 18.1 Å². The number of benzene rings is 3. The smallest absolute Gasteiger partial charge is 0.327 e. The Morgan fingerprint density at radius 2 is 1.62 bits per heavy atom.